The zero-order chi connectivity index (χ0) is 24.1. The quantitative estimate of drug-likeness (QED) is 0.399. The third-order valence-corrected chi connectivity index (χ3v) is 6.39. The van der Waals surface area contributed by atoms with Crippen LogP contribution in [0.5, 0.6) is 0 Å². The highest BCUT2D eigenvalue weighted by atomic mass is 32.1. The molecule has 12 heteroatoms. The monoisotopic (exact) mass is 533 g/mol. The first-order chi connectivity index (χ1) is 16.5. The maximum absolute atomic E-state index is 13.3. The summed E-state index contributed by atoms with van der Waals surface area (Å²) in [4.78, 5) is 29.0. The van der Waals surface area contributed by atoms with Gasteiger partial charge in [0.15, 0.2) is 0 Å². The van der Waals surface area contributed by atoms with Gasteiger partial charge in [0, 0.05) is 25.0 Å². The van der Waals surface area contributed by atoms with Crippen LogP contribution in [0.2, 0.25) is 0 Å². The lowest BCUT2D eigenvalue weighted by molar-refractivity contribution is 0.530. The molecule has 9 nitrogen and oxygen atoms in total. The molecule has 4 heterocycles. The molecule has 0 bridgehead atoms. The van der Waals surface area contributed by atoms with Gasteiger partial charge in [0.05, 0.1) is 6.07 Å². The lowest BCUT2D eigenvalue weighted by atomic mass is 10.1. The van der Waals surface area contributed by atoms with Crippen molar-refractivity contribution in [2.75, 3.05) is 0 Å². The number of H-pyrrole nitrogens is 2. The molecule has 4 aromatic heterocycles. The number of rotatable bonds is 2. The first-order valence-corrected chi connectivity index (χ1v) is 11.7. The topological polar surface area (TPSA) is 124 Å². The second kappa shape index (κ2) is 13.3. The predicted molar refractivity (Wildman–Crippen MR) is 146 cm³/mol. The molecule has 4 aromatic rings. The van der Waals surface area contributed by atoms with E-state index in [-0.39, 0.29) is 49.5 Å². The highest BCUT2D eigenvalue weighted by Gasteiger charge is 2.21. The molecule has 0 atom stereocenters. The number of aromatic amines is 2. The van der Waals surface area contributed by atoms with Crippen molar-refractivity contribution in [3.05, 3.63) is 68.8 Å². The van der Waals surface area contributed by atoms with E-state index in [4.69, 9.17) is 5.26 Å². The SMILES string of the molecule is CC#N.O=c1[nH]c(C2CCCC2)nn2c(F)ccc12.O=c1[nH]c(C2CCCC2)nn2cccc12.S.S. The van der Waals surface area contributed by atoms with Gasteiger partial charge in [-0.25, -0.2) is 4.52 Å². The second-order valence-electron chi connectivity index (χ2n) is 8.66. The van der Waals surface area contributed by atoms with Crippen molar-refractivity contribution < 1.29 is 4.39 Å². The lowest BCUT2D eigenvalue weighted by Crippen LogP contribution is -2.18. The van der Waals surface area contributed by atoms with Crippen LogP contribution in [-0.2, 0) is 0 Å². The molecule has 0 radical (unpaired) electrons. The molecular weight excluding hydrogens is 501 g/mol. The third kappa shape index (κ3) is 6.39. The first kappa shape index (κ1) is 29.2. The smallest absolute Gasteiger partial charge is 0.275 e. The van der Waals surface area contributed by atoms with E-state index in [1.54, 1.807) is 16.7 Å². The van der Waals surface area contributed by atoms with E-state index in [1.165, 1.54) is 31.9 Å². The van der Waals surface area contributed by atoms with Crippen LogP contribution in [0.4, 0.5) is 4.39 Å². The first-order valence-electron chi connectivity index (χ1n) is 11.7. The molecule has 194 valence electrons. The maximum atomic E-state index is 13.3. The van der Waals surface area contributed by atoms with Crippen molar-refractivity contribution in [2.45, 2.75) is 70.1 Å². The largest absolute Gasteiger partial charge is 0.307 e. The number of aromatic nitrogens is 6. The summed E-state index contributed by atoms with van der Waals surface area (Å²) in [5, 5.41) is 15.9. The molecule has 0 aromatic carbocycles. The summed E-state index contributed by atoms with van der Waals surface area (Å²) in [5.41, 5.74) is 0.591. The molecule has 0 spiro atoms. The molecule has 36 heavy (non-hydrogen) atoms. The molecule has 6 rings (SSSR count). The van der Waals surface area contributed by atoms with E-state index in [0.29, 0.717) is 17.3 Å². The number of hydrogen-bond donors (Lipinski definition) is 2. The van der Waals surface area contributed by atoms with Crippen LogP contribution in [0.25, 0.3) is 11.0 Å². The minimum atomic E-state index is -0.486. The molecule has 2 aliphatic rings. The molecule has 0 amide bonds. The highest BCUT2D eigenvalue weighted by Crippen LogP contribution is 2.32. The molecule has 0 unspecified atom stereocenters. The number of nitrogens with one attached hydrogen (secondary N) is 2. The fourth-order valence-electron chi connectivity index (χ4n) is 4.72. The van der Waals surface area contributed by atoms with Crippen LogP contribution in [0.15, 0.2) is 40.1 Å². The number of nitrogens with zero attached hydrogens (tertiary/aromatic N) is 5. The van der Waals surface area contributed by atoms with E-state index >= 15 is 0 Å². The molecule has 2 saturated carbocycles. The van der Waals surface area contributed by atoms with Gasteiger partial charge in [0.1, 0.15) is 22.7 Å². The number of halogens is 1. The Hall–Kier alpha value is -3.04. The Kier molecular flexibility index (Phi) is 10.8. The van der Waals surface area contributed by atoms with Crippen LogP contribution in [0, 0.1) is 17.3 Å². The Balaban J connectivity index is 0.000000218. The predicted octanol–water partition coefficient (Wildman–Crippen LogP) is 4.25. The van der Waals surface area contributed by atoms with Gasteiger partial charge < -0.3 is 9.97 Å². The van der Waals surface area contributed by atoms with Crippen molar-refractivity contribution in [1.82, 2.24) is 29.2 Å². The van der Waals surface area contributed by atoms with Gasteiger partial charge in [-0.2, -0.15) is 51.4 Å². The van der Waals surface area contributed by atoms with Crippen LogP contribution in [-0.4, -0.2) is 29.2 Å². The van der Waals surface area contributed by atoms with E-state index in [2.05, 4.69) is 20.2 Å². The fourth-order valence-corrected chi connectivity index (χ4v) is 4.72. The van der Waals surface area contributed by atoms with Crippen LogP contribution >= 0.6 is 27.0 Å². The van der Waals surface area contributed by atoms with Crippen LogP contribution in [0.3, 0.4) is 0 Å². The molecule has 2 fully saturated rings. The van der Waals surface area contributed by atoms with Crippen LogP contribution < -0.4 is 11.1 Å². The summed E-state index contributed by atoms with van der Waals surface area (Å²) in [7, 11) is 0. The number of nitriles is 1. The Morgan fingerprint density at radius 2 is 1.39 bits per heavy atom. The summed E-state index contributed by atoms with van der Waals surface area (Å²) < 4.78 is 16.1. The van der Waals surface area contributed by atoms with Gasteiger partial charge in [-0.15, -0.1) is 0 Å². The highest BCUT2D eigenvalue weighted by molar-refractivity contribution is 7.59. The van der Waals surface area contributed by atoms with E-state index < -0.39 is 5.95 Å². The molecule has 0 aliphatic heterocycles. The zero-order valence-corrected chi connectivity index (χ0v) is 22.1. The van der Waals surface area contributed by atoms with E-state index in [9.17, 15) is 14.0 Å². The molecule has 2 aliphatic carbocycles. The van der Waals surface area contributed by atoms with Gasteiger partial charge in [0.2, 0.25) is 5.95 Å². The standard InChI is InChI=1S/C11H12FN3O.C11H13N3O.C2H3N.2H2S/c12-9-6-5-8-11(16)13-10(14-15(8)9)7-3-1-2-4-7;15-11-9-6-3-7-14(9)13-10(12-11)8-4-1-2-5-8;1-2-3;;/h5-7H,1-4H2,(H,13,14,16);3,6-8H,1-2,4-5H2,(H,12,13,15);1H3;2*1H2. The van der Waals surface area contributed by atoms with Gasteiger partial charge in [0.25, 0.3) is 11.1 Å². The summed E-state index contributed by atoms with van der Waals surface area (Å²) in [6, 6.07) is 8.08. The minimum absolute atomic E-state index is 0. The number of hydrogen-bond acceptors (Lipinski definition) is 5. The van der Waals surface area contributed by atoms with Gasteiger partial charge in [-0.3, -0.25) is 9.59 Å². The molecule has 0 saturated heterocycles. The minimum Gasteiger partial charge on any atom is -0.307 e. The van der Waals surface area contributed by atoms with Gasteiger partial charge in [-0.1, -0.05) is 25.7 Å². The average Bonchev–Trinajstić information content (AvgIpc) is 3.61. The van der Waals surface area contributed by atoms with Gasteiger partial charge in [-0.05, 0) is 49.9 Å². The summed E-state index contributed by atoms with van der Waals surface area (Å²) in [5.74, 6) is 1.70. The maximum Gasteiger partial charge on any atom is 0.275 e. The molecule has 2 N–H and O–H groups in total. The lowest BCUT2D eigenvalue weighted by Gasteiger charge is -2.07. The van der Waals surface area contributed by atoms with Crippen molar-refractivity contribution in [3.63, 3.8) is 0 Å². The van der Waals surface area contributed by atoms with Gasteiger partial charge >= 0.3 is 0 Å². The zero-order valence-electron chi connectivity index (χ0n) is 20.1. The van der Waals surface area contributed by atoms with Crippen molar-refractivity contribution in [2.24, 2.45) is 0 Å². The van der Waals surface area contributed by atoms with E-state index in [1.807, 2.05) is 12.3 Å². The number of fused-ring (bicyclic) bond motifs is 2. The van der Waals surface area contributed by atoms with Crippen molar-refractivity contribution >= 4 is 38.0 Å². The Bertz CT molecular complexity index is 1420. The van der Waals surface area contributed by atoms with Crippen molar-refractivity contribution in [3.8, 4) is 6.07 Å². The fraction of sp³-hybridized carbons (Fsp3) is 0.458. The Morgan fingerprint density at radius 1 is 0.889 bits per heavy atom. The van der Waals surface area contributed by atoms with Crippen molar-refractivity contribution in [1.29, 1.82) is 5.26 Å². The summed E-state index contributed by atoms with van der Waals surface area (Å²) in [6.07, 6.45) is 11.0. The van der Waals surface area contributed by atoms with Crippen LogP contribution in [0.1, 0.15) is 81.8 Å². The third-order valence-electron chi connectivity index (χ3n) is 6.39. The Morgan fingerprint density at radius 3 is 1.94 bits per heavy atom. The normalized spacial score (nSPS) is 15.2. The summed E-state index contributed by atoms with van der Waals surface area (Å²) in [6.45, 7) is 1.43. The average molecular weight is 534 g/mol. The second-order valence-corrected chi connectivity index (χ2v) is 8.66. The summed E-state index contributed by atoms with van der Waals surface area (Å²) >= 11 is 0. The molecular formula is C24H32FN7O2S2. The van der Waals surface area contributed by atoms with E-state index in [0.717, 1.165) is 48.9 Å². The Labute approximate surface area is 221 Å².